The Morgan fingerprint density at radius 2 is 1.58 bits per heavy atom. The average Bonchev–Trinajstić information content (AvgIpc) is 2.64. The fourth-order valence-electron chi connectivity index (χ4n) is 3.13. The summed E-state index contributed by atoms with van der Waals surface area (Å²) in [6.45, 7) is 3.37. The Bertz CT molecular complexity index is 599. The van der Waals surface area contributed by atoms with Gasteiger partial charge in [-0.25, -0.2) is 0 Å². The van der Waals surface area contributed by atoms with Gasteiger partial charge in [0, 0.05) is 12.0 Å². The van der Waals surface area contributed by atoms with Gasteiger partial charge >= 0.3 is 0 Å². The summed E-state index contributed by atoms with van der Waals surface area (Å²) in [6, 6.07) is 20.4. The highest BCUT2D eigenvalue weighted by Gasteiger charge is 2.28. The number of amides is 1. The second-order valence-electron chi connectivity index (χ2n) is 6.03. The fraction of sp³-hybridized carbons (Fsp3) is 0.350. The first-order valence-corrected chi connectivity index (χ1v) is 8.35. The van der Waals surface area contributed by atoms with Crippen LogP contribution in [-0.2, 0) is 14.3 Å². The number of benzene rings is 2. The summed E-state index contributed by atoms with van der Waals surface area (Å²) >= 11 is 0. The van der Waals surface area contributed by atoms with Gasteiger partial charge in [-0.3, -0.25) is 4.79 Å². The minimum absolute atomic E-state index is 0.0622. The van der Waals surface area contributed by atoms with Crippen molar-refractivity contribution in [3.8, 4) is 0 Å². The molecule has 4 nitrogen and oxygen atoms in total. The van der Waals surface area contributed by atoms with Crippen molar-refractivity contribution in [3.05, 3.63) is 71.8 Å². The van der Waals surface area contributed by atoms with Gasteiger partial charge < -0.3 is 14.8 Å². The average molecular weight is 325 g/mol. The van der Waals surface area contributed by atoms with Crippen LogP contribution in [0, 0.1) is 0 Å². The molecule has 1 N–H and O–H groups in total. The predicted octanol–water partition coefficient (Wildman–Crippen LogP) is 2.74. The van der Waals surface area contributed by atoms with E-state index in [1.165, 1.54) is 11.1 Å². The minimum Gasteiger partial charge on any atom is -0.376 e. The summed E-state index contributed by atoms with van der Waals surface area (Å²) in [5, 5.41) is 3.10. The van der Waals surface area contributed by atoms with Gasteiger partial charge in [0.25, 0.3) is 5.91 Å². The summed E-state index contributed by atoms with van der Waals surface area (Å²) in [5.41, 5.74) is 2.36. The Balaban J connectivity index is 1.79. The molecule has 0 aromatic heterocycles. The topological polar surface area (TPSA) is 47.6 Å². The highest BCUT2D eigenvalue weighted by Crippen LogP contribution is 2.28. The summed E-state index contributed by atoms with van der Waals surface area (Å²) in [6.07, 6.45) is -0.520. The molecule has 2 aromatic carbocycles. The Kier molecular flexibility index (Phi) is 5.62. The summed E-state index contributed by atoms with van der Waals surface area (Å²) in [5.74, 6) is -0.0279. The van der Waals surface area contributed by atoms with Crippen LogP contribution < -0.4 is 5.32 Å². The molecular weight excluding hydrogens is 302 g/mol. The molecule has 0 saturated carbocycles. The SMILES string of the molecule is C[C@@H](NC(=O)[C@H]1COCCO1)C(c1ccccc1)c1ccccc1. The molecule has 0 bridgehead atoms. The number of nitrogens with one attached hydrogen (secondary N) is 1. The van der Waals surface area contributed by atoms with Crippen LogP contribution in [0.25, 0.3) is 0 Å². The molecule has 0 unspecified atom stereocenters. The van der Waals surface area contributed by atoms with Gasteiger partial charge in [0.05, 0.1) is 19.8 Å². The van der Waals surface area contributed by atoms with E-state index in [0.29, 0.717) is 19.8 Å². The largest absolute Gasteiger partial charge is 0.376 e. The van der Waals surface area contributed by atoms with Crippen LogP contribution in [-0.4, -0.2) is 37.9 Å². The quantitative estimate of drug-likeness (QED) is 0.919. The molecule has 2 atom stereocenters. The van der Waals surface area contributed by atoms with Crippen LogP contribution >= 0.6 is 0 Å². The van der Waals surface area contributed by atoms with E-state index in [9.17, 15) is 4.79 Å². The van der Waals surface area contributed by atoms with Crippen molar-refractivity contribution in [2.75, 3.05) is 19.8 Å². The van der Waals surface area contributed by atoms with Crippen molar-refractivity contribution in [2.24, 2.45) is 0 Å². The first-order chi connectivity index (χ1) is 11.8. The van der Waals surface area contributed by atoms with Gasteiger partial charge in [-0.15, -0.1) is 0 Å². The second kappa shape index (κ2) is 8.08. The zero-order valence-electron chi connectivity index (χ0n) is 13.9. The monoisotopic (exact) mass is 325 g/mol. The molecule has 0 spiro atoms. The maximum absolute atomic E-state index is 12.5. The lowest BCUT2D eigenvalue weighted by Crippen LogP contribution is -2.47. The third kappa shape index (κ3) is 4.02. The summed E-state index contributed by atoms with van der Waals surface area (Å²) < 4.78 is 10.8. The lowest BCUT2D eigenvalue weighted by Gasteiger charge is -2.29. The van der Waals surface area contributed by atoms with E-state index < -0.39 is 6.10 Å². The van der Waals surface area contributed by atoms with Crippen LogP contribution in [0.15, 0.2) is 60.7 Å². The Hall–Kier alpha value is -2.17. The van der Waals surface area contributed by atoms with Crippen LogP contribution in [0.4, 0.5) is 0 Å². The van der Waals surface area contributed by atoms with Gasteiger partial charge in [0.15, 0.2) is 6.10 Å². The smallest absolute Gasteiger partial charge is 0.251 e. The van der Waals surface area contributed by atoms with Crippen molar-refractivity contribution in [3.63, 3.8) is 0 Å². The van der Waals surface area contributed by atoms with E-state index in [0.717, 1.165) is 0 Å². The minimum atomic E-state index is -0.520. The van der Waals surface area contributed by atoms with Crippen LogP contribution in [0.5, 0.6) is 0 Å². The zero-order valence-corrected chi connectivity index (χ0v) is 13.9. The maximum atomic E-state index is 12.5. The molecule has 4 heteroatoms. The van der Waals surface area contributed by atoms with Crippen molar-refractivity contribution in [2.45, 2.75) is 25.0 Å². The van der Waals surface area contributed by atoms with Crippen molar-refractivity contribution in [1.82, 2.24) is 5.32 Å². The van der Waals surface area contributed by atoms with E-state index in [2.05, 4.69) is 29.6 Å². The number of carbonyl (C=O) groups is 1. The summed E-state index contributed by atoms with van der Waals surface area (Å²) in [7, 11) is 0. The second-order valence-corrected chi connectivity index (χ2v) is 6.03. The maximum Gasteiger partial charge on any atom is 0.251 e. The van der Waals surface area contributed by atoms with Crippen molar-refractivity contribution < 1.29 is 14.3 Å². The van der Waals surface area contributed by atoms with E-state index in [1.807, 2.05) is 43.3 Å². The fourth-order valence-corrected chi connectivity index (χ4v) is 3.13. The van der Waals surface area contributed by atoms with E-state index in [4.69, 9.17) is 9.47 Å². The van der Waals surface area contributed by atoms with E-state index >= 15 is 0 Å². The third-order valence-electron chi connectivity index (χ3n) is 4.30. The Morgan fingerprint density at radius 1 is 1.00 bits per heavy atom. The van der Waals surface area contributed by atoms with Crippen LogP contribution in [0.3, 0.4) is 0 Å². The normalized spacial score (nSPS) is 19.0. The number of rotatable bonds is 5. The standard InChI is InChI=1S/C20H23NO3/c1-15(21-20(22)18-14-23-12-13-24-18)19(16-8-4-2-5-9-16)17-10-6-3-7-11-17/h2-11,15,18-19H,12-14H2,1H3,(H,21,22)/t15-,18-/m1/s1. The molecule has 2 aromatic rings. The van der Waals surface area contributed by atoms with Gasteiger partial charge in [-0.1, -0.05) is 60.7 Å². The predicted molar refractivity (Wildman–Crippen MR) is 92.9 cm³/mol. The van der Waals surface area contributed by atoms with Crippen LogP contribution in [0.1, 0.15) is 24.0 Å². The van der Waals surface area contributed by atoms with Crippen molar-refractivity contribution >= 4 is 5.91 Å². The third-order valence-corrected chi connectivity index (χ3v) is 4.30. The molecule has 1 saturated heterocycles. The highest BCUT2D eigenvalue weighted by atomic mass is 16.6. The van der Waals surface area contributed by atoms with Gasteiger partial charge in [-0.2, -0.15) is 0 Å². The molecule has 3 rings (SSSR count). The zero-order chi connectivity index (χ0) is 16.8. The Labute approximate surface area is 142 Å². The number of ether oxygens (including phenoxy) is 2. The van der Waals surface area contributed by atoms with Crippen molar-refractivity contribution in [1.29, 1.82) is 0 Å². The molecule has 24 heavy (non-hydrogen) atoms. The van der Waals surface area contributed by atoms with Gasteiger partial charge in [0.2, 0.25) is 0 Å². The molecule has 0 radical (unpaired) electrons. The molecule has 1 amide bonds. The molecule has 0 aliphatic carbocycles. The number of carbonyl (C=O) groups excluding carboxylic acids is 1. The summed E-state index contributed by atoms with van der Waals surface area (Å²) in [4.78, 5) is 12.5. The molecule has 1 fully saturated rings. The molecule has 1 aliphatic rings. The van der Waals surface area contributed by atoms with Gasteiger partial charge in [0.1, 0.15) is 0 Å². The lowest BCUT2D eigenvalue weighted by atomic mass is 9.85. The van der Waals surface area contributed by atoms with E-state index in [1.54, 1.807) is 0 Å². The van der Waals surface area contributed by atoms with Crippen LogP contribution in [0.2, 0.25) is 0 Å². The van der Waals surface area contributed by atoms with E-state index in [-0.39, 0.29) is 17.9 Å². The highest BCUT2D eigenvalue weighted by molar-refractivity contribution is 5.81. The molecule has 1 aliphatic heterocycles. The molecule has 1 heterocycles. The first-order valence-electron chi connectivity index (χ1n) is 8.35. The number of hydrogen-bond acceptors (Lipinski definition) is 3. The van der Waals surface area contributed by atoms with Gasteiger partial charge in [-0.05, 0) is 18.1 Å². The lowest BCUT2D eigenvalue weighted by molar-refractivity contribution is -0.148. The first kappa shape index (κ1) is 16.7. The molecule has 126 valence electrons. The number of hydrogen-bond donors (Lipinski definition) is 1. The Morgan fingerprint density at radius 3 is 2.08 bits per heavy atom. The molecular formula is C20H23NO3.